The first kappa shape index (κ1) is 16.0. The number of nitrogens with zero attached hydrogens (tertiary/aromatic N) is 2. The fraction of sp³-hybridized carbons (Fsp3) is 0.294. The summed E-state index contributed by atoms with van der Waals surface area (Å²) in [6.45, 7) is 2.78. The van der Waals surface area contributed by atoms with E-state index in [1.54, 1.807) is 0 Å². The Kier molecular flexibility index (Phi) is 5.31. The highest BCUT2D eigenvalue weighted by molar-refractivity contribution is 7.80. The van der Waals surface area contributed by atoms with Gasteiger partial charge in [-0.05, 0) is 48.8 Å². The second-order valence-corrected chi connectivity index (χ2v) is 6.31. The van der Waals surface area contributed by atoms with Gasteiger partial charge in [-0.2, -0.15) is 0 Å². The van der Waals surface area contributed by atoms with Crippen LogP contribution >= 0.6 is 23.8 Å². The Bertz CT molecular complexity index is 669. The van der Waals surface area contributed by atoms with Crippen molar-refractivity contribution in [2.45, 2.75) is 19.4 Å². The van der Waals surface area contributed by atoms with Gasteiger partial charge in [0.15, 0.2) is 5.11 Å². The van der Waals surface area contributed by atoms with Crippen molar-refractivity contribution in [2.75, 3.05) is 23.3 Å². The molecule has 0 unspecified atom stereocenters. The molecule has 0 amide bonds. The molecule has 6 heteroatoms. The number of halogens is 1. The van der Waals surface area contributed by atoms with Gasteiger partial charge in [0.2, 0.25) is 0 Å². The quantitative estimate of drug-likeness (QED) is 0.823. The van der Waals surface area contributed by atoms with E-state index in [2.05, 4.69) is 20.5 Å². The number of benzene rings is 1. The molecule has 2 aromatic rings. The van der Waals surface area contributed by atoms with Crippen LogP contribution in [0.2, 0.25) is 5.02 Å². The number of anilines is 2. The lowest BCUT2D eigenvalue weighted by Gasteiger charge is -2.17. The lowest BCUT2D eigenvalue weighted by Crippen LogP contribution is -2.28. The Morgan fingerprint density at radius 2 is 1.96 bits per heavy atom. The molecule has 0 saturated carbocycles. The molecule has 0 spiro atoms. The molecule has 0 bridgehead atoms. The Balaban J connectivity index is 1.52. The first-order chi connectivity index (χ1) is 11.2. The fourth-order valence-electron chi connectivity index (χ4n) is 2.59. The van der Waals surface area contributed by atoms with Gasteiger partial charge in [-0.15, -0.1) is 0 Å². The predicted octanol–water partition coefficient (Wildman–Crippen LogP) is 3.82. The first-order valence-electron chi connectivity index (χ1n) is 7.71. The average molecular weight is 347 g/mol. The van der Waals surface area contributed by atoms with Crippen LogP contribution in [-0.2, 0) is 6.54 Å². The third kappa shape index (κ3) is 4.33. The minimum atomic E-state index is 0.556. The topological polar surface area (TPSA) is 40.2 Å². The van der Waals surface area contributed by atoms with Crippen LogP contribution < -0.4 is 15.5 Å². The normalized spacial score (nSPS) is 13.9. The number of nitrogens with one attached hydrogen (secondary N) is 2. The van der Waals surface area contributed by atoms with Crippen molar-refractivity contribution in [1.29, 1.82) is 0 Å². The van der Waals surface area contributed by atoms with Crippen LogP contribution in [-0.4, -0.2) is 23.2 Å². The highest BCUT2D eigenvalue weighted by Gasteiger charge is 2.13. The van der Waals surface area contributed by atoms with Crippen molar-refractivity contribution in [3.05, 3.63) is 53.2 Å². The van der Waals surface area contributed by atoms with E-state index in [1.165, 1.54) is 12.8 Å². The van der Waals surface area contributed by atoms with E-state index in [-0.39, 0.29) is 0 Å². The predicted molar refractivity (Wildman–Crippen MR) is 100 cm³/mol. The summed E-state index contributed by atoms with van der Waals surface area (Å²) >= 11 is 11.4. The zero-order valence-electron chi connectivity index (χ0n) is 12.8. The van der Waals surface area contributed by atoms with Crippen LogP contribution in [0, 0.1) is 0 Å². The molecule has 1 saturated heterocycles. The maximum absolute atomic E-state index is 6.13. The van der Waals surface area contributed by atoms with E-state index in [1.807, 2.05) is 42.6 Å². The summed E-state index contributed by atoms with van der Waals surface area (Å²) in [4.78, 5) is 6.80. The number of thiocarbonyl (C=S) groups is 1. The molecule has 0 radical (unpaired) electrons. The summed E-state index contributed by atoms with van der Waals surface area (Å²) in [6.07, 6.45) is 4.31. The molecule has 0 atom stereocenters. The van der Waals surface area contributed by atoms with Crippen LogP contribution in [0.1, 0.15) is 18.4 Å². The molecule has 1 aromatic carbocycles. The fourth-order valence-corrected chi connectivity index (χ4v) is 2.98. The second kappa shape index (κ2) is 7.62. The maximum Gasteiger partial charge on any atom is 0.171 e. The monoisotopic (exact) mass is 346 g/mol. The smallest absolute Gasteiger partial charge is 0.171 e. The van der Waals surface area contributed by atoms with E-state index in [0.29, 0.717) is 11.7 Å². The minimum Gasteiger partial charge on any atom is -0.358 e. The molecule has 0 aliphatic carbocycles. The van der Waals surface area contributed by atoms with Crippen LogP contribution in [0.15, 0.2) is 42.6 Å². The summed E-state index contributed by atoms with van der Waals surface area (Å²) in [5.41, 5.74) is 1.89. The standard InChI is InChI=1S/C17H19ClN4S/c18-15-6-2-1-5-13(15)11-20-17(23)21-14-7-8-16(19-12-14)22-9-3-4-10-22/h1-2,5-8,12H,3-4,9-11H2,(H2,20,21,23). The van der Waals surface area contributed by atoms with Crippen molar-refractivity contribution in [1.82, 2.24) is 10.3 Å². The number of pyridine rings is 1. The Hall–Kier alpha value is -1.85. The van der Waals surface area contributed by atoms with Gasteiger partial charge in [-0.25, -0.2) is 4.98 Å². The van der Waals surface area contributed by atoms with Gasteiger partial charge in [-0.3, -0.25) is 0 Å². The van der Waals surface area contributed by atoms with Gasteiger partial charge in [0, 0.05) is 24.7 Å². The third-order valence-electron chi connectivity index (χ3n) is 3.83. The third-order valence-corrected chi connectivity index (χ3v) is 4.45. The molecule has 2 heterocycles. The number of hydrogen-bond donors (Lipinski definition) is 2. The number of hydrogen-bond acceptors (Lipinski definition) is 3. The molecule has 4 nitrogen and oxygen atoms in total. The Labute approximate surface area is 146 Å². The molecule has 23 heavy (non-hydrogen) atoms. The SMILES string of the molecule is S=C(NCc1ccccc1Cl)Nc1ccc(N2CCCC2)nc1. The average Bonchev–Trinajstić information content (AvgIpc) is 3.09. The van der Waals surface area contributed by atoms with E-state index < -0.39 is 0 Å². The first-order valence-corrected chi connectivity index (χ1v) is 8.50. The largest absolute Gasteiger partial charge is 0.358 e. The summed E-state index contributed by atoms with van der Waals surface area (Å²) in [5, 5.41) is 7.59. The van der Waals surface area contributed by atoms with E-state index in [0.717, 1.165) is 35.2 Å². The highest BCUT2D eigenvalue weighted by Crippen LogP contribution is 2.19. The van der Waals surface area contributed by atoms with Crippen LogP contribution in [0.4, 0.5) is 11.5 Å². The molecule has 2 N–H and O–H groups in total. The molecule has 120 valence electrons. The zero-order chi connectivity index (χ0) is 16.1. The van der Waals surface area contributed by atoms with E-state index in [9.17, 15) is 0 Å². The van der Waals surface area contributed by atoms with E-state index in [4.69, 9.17) is 23.8 Å². The summed E-state index contributed by atoms with van der Waals surface area (Å²) in [5.74, 6) is 1.03. The molecule has 1 aromatic heterocycles. The zero-order valence-corrected chi connectivity index (χ0v) is 14.3. The van der Waals surface area contributed by atoms with Gasteiger partial charge in [0.1, 0.15) is 5.82 Å². The van der Waals surface area contributed by atoms with E-state index >= 15 is 0 Å². The van der Waals surface area contributed by atoms with Crippen molar-refractivity contribution in [3.63, 3.8) is 0 Å². The highest BCUT2D eigenvalue weighted by atomic mass is 35.5. The summed E-state index contributed by atoms with van der Waals surface area (Å²) < 4.78 is 0. The van der Waals surface area contributed by atoms with Crippen molar-refractivity contribution in [3.8, 4) is 0 Å². The molecule has 1 aliphatic heterocycles. The van der Waals surface area contributed by atoms with Gasteiger partial charge in [-0.1, -0.05) is 29.8 Å². The van der Waals surface area contributed by atoms with Crippen molar-refractivity contribution in [2.24, 2.45) is 0 Å². The lowest BCUT2D eigenvalue weighted by molar-refractivity contribution is 0.924. The molecule has 1 aliphatic rings. The molecular formula is C17H19ClN4S. The Morgan fingerprint density at radius 3 is 2.65 bits per heavy atom. The maximum atomic E-state index is 6.13. The van der Waals surface area contributed by atoms with Gasteiger partial charge < -0.3 is 15.5 Å². The molecule has 1 fully saturated rings. The van der Waals surface area contributed by atoms with Gasteiger partial charge in [0.25, 0.3) is 0 Å². The van der Waals surface area contributed by atoms with Crippen LogP contribution in [0.5, 0.6) is 0 Å². The number of aromatic nitrogens is 1. The van der Waals surface area contributed by atoms with Gasteiger partial charge >= 0.3 is 0 Å². The molecule has 3 rings (SSSR count). The molecular weight excluding hydrogens is 328 g/mol. The summed E-state index contributed by atoms with van der Waals surface area (Å²) in [7, 11) is 0. The van der Waals surface area contributed by atoms with Crippen LogP contribution in [0.3, 0.4) is 0 Å². The lowest BCUT2D eigenvalue weighted by atomic mass is 10.2. The number of rotatable bonds is 4. The second-order valence-electron chi connectivity index (χ2n) is 5.50. The van der Waals surface area contributed by atoms with Gasteiger partial charge in [0.05, 0.1) is 11.9 Å². The summed E-state index contributed by atoms with van der Waals surface area (Å²) in [6, 6.07) is 11.8. The minimum absolute atomic E-state index is 0.556. The van der Waals surface area contributed by atoms with Crippen molar-refractivity contribution < 1.29 is 0 Å². The van der Waals surface area contributed by atoms with Crippen molar-refractivity contribution >= 4 is 40.4 Å². The van der Waals surface area contributed by atoms with Crippen LogP contribution in [0.25, 0.3) is 0 Å². The Morgan fingerprint density at radius 1 is 1.17 bits per heavy atom.